The highest BCUT2D eigenvalue weighted by Crippen LogP contribution is 2.50. The second-order valence-corrected chi connectivity index (χ2v) is 6.96. The number of anilines is 1. The number of rotatable bonds is 2. The van der Waals surface area contributed by atoms with Gasteiger partial charge in [-0.1, -0.05) is 0 Å². The van der Waals surface area contributed by atoms with Crippen LogP contribution in [0.5, 0.6) is 0 Å². The van der Waals surface area contributed by atoms with Crippen LogP contribution in [0.15, 0.2) is 30.3 Å². The van der Waals surface area contributed by atoms with Crippen molar-refractivity contribution in [2.75, 3.05) is 18.0 Å². The fraction of sp³-hybridized carbons (Fsp3) is 0.444. The Morgan fingerprint density at radius 1 is 1.25 bits per heavy atom. The number of piperidine rings is 1. The smallest absolute Gasteiger partial charge is 0.404 e. The normalized spacial score (nSPS) is 20.1. The molecule has 1 aliphatic carbocycles. The van der Waals surface area contributed by atoms with Gasteiger partial charge in [0.2, 0.25) is 0 Å². The number of primary amides is 1. The number of aromatic nitrogens is 1. The van der Waals surface area contributed by atoms with Crippen molar-refractivity contribution < 1.29 is 13.9 Å². The number of carbonyl (C=O) groups excluding carboxylic acids is 1. The zero-order chi connectivity index (χ0) is 16.7. The number of pyridine rings is 1. The van der Waals surface area contributed by atoms with Crippen molar-refractivity contribution in [3.05, 3.63) is 36.1 Å². The van der Waals surface area contributed by atoms with E-state index in [1.54, 1.807) is 6.07 Å². The lowest BCUT2D eigenvalue weighted by molar-refractivity contribution is -0.0522. The molecule has 2 heterocycles. The van der Waals surface area contributed by atoms with E-state index in [1.165, 1.54) is 12.1 Å². The molecular formula is C18H20FN3O2. The van der Waals surface area contributed by atoms with Crippen LogP contribution in [-0.4, -0.2) is 30.3 Å². The molecule has 0 atom stereocenters. The minimum absolute atomic E-state index is 0.0114. The fourth-order valence-corrected chi connectivity index (χ4v) is 4.03. The average Bonchev–Trinajstić information content (AvgIpc) is 2.53. The second-order valence-electron chi connectivity index (χ2n) is 6.96. The van der Waals surface area contributed by atoms with Crippen LogP contribution in [0.1, 0.15) is 25.7 Å². The number of ether oxygens (including phenoxy) is 1. The first kappa shape index (κ1) is 15.2. The summed E-state index contributed by atoms with van der Waals surface area (Å²) in [7, 11) is 0. The van der Waals surface area contributed by atoms with Gasteiger partial charge in [0.25, 0.3) is 0 Å². The summed E-state index contributed by atoms with van der Waals surface area (Å²) in [6, 6.07) is 8.55. The molecule has 1 aliphatic heterocycles. The van der Waals surface area contributed by atoms with Crippen molar-refractivity contribution >= 4 is 22.8 Å². The lowest BCUT2D eigenvalue weighted by Crippen LogP contribution is -2.50. The Kier molecular flexibility index (Phi) is 3.55. The topological polar surface area (TPSA) is 68.5 Å². The van der Waals surface area contributed by atoms with Gasteiger partial charge in [0.05, 0.1) is 5.52 Å². The zero-order valence-electron chi connectivity index (χ0n) is 13.4. The first-order valence-corrected chi connectivity index (χ1v) is 8.30. The molecular weight excluding hydrogens is 309 g/mol. The number of hydrogen-bond donors (Lipinski definition) is 1. The van der Waals surface area contributed by atoms with Gasteiger partial charge in [-0.3, -0.25) is 0 Å². The van der Waals surface area contributed by atoms with E-state index in [4.69, 9.17) is 10.5 Å². The molecule has 1 saturated carbocycles. The van der Waals surface area contributed by atoms with Gasteiger partial charge in [-0.05, 0) is 61.4 Å². The molecule has 0 bridgehead atoms. The quantitative estimate of drug-likeness (QED) is 0.918. The lowest BCUT2D eigenvalue weighted by atomic mass is 9.61. The van der Waals surface area contributed by atoms with Crippen molar-refractivity contribution in [3.63, 3.8) is 0 Å². The molecule has 6 heteroatoms. The number of nitrogens with two attached hydrogens (primary N) is 1. The number of fused-ring (bicyclic) bond motifs is 1. The van der Waals surface area contributed by atoms with E-state index in [0.717, 1.165) is 55.5 Å². The van der Waals surface area contributed by atoms with E-state index >= 15 is 0 Å². The number of benzene rings is 1. The lowest BCUT2D eigenvalue weighted by Gasteiger charge is -2.51. The summed E-state index contributed by atoms with van der Waals surface area (Å²) in [4.78, 5) is 17.7. The van der Waals surface area contributed by atoms with Crippen molar-refractivity contribution in [1.82, 2.24) is 4.98 Å². The van der Waals surface area contributed by atoms with Gasteiger partial charge in [-0.15, -0.1) is 0 Å². The van der Waals surface area contributed by atoms with Gasteiger partial charge in [-0.2, -0.15) is 0 Å². The van der Waals surface area contributed by atoms with Crippen LogP contribution in [0.2, 0.25) is 0 Å². The Balaban J connectivity index is 1.41. The maximum absolute atomic E-state index is 13.3. The van der Waals surface area contributed by atoms with E-state index in [1.807, 2.05) is 12.1 Å². The molecule has 1 aromatic heterocycles. The summed E-state index contributed by atoms with van der Waals surface area (Å²) < 4.78 is 18.3. The highest BCUT2D eigenvalue weighted by Gasteiger charge is 2.47. The maximum atomic E-state index is 13.3. The number of nitrogens with zero attached hydrogens (tertiary/aromatic N) is 2. The summed E-state index contributed by atoms with van der Waals surface area (Å²) in [5.41, 5.74) is 6.17. The van der Waals surface area contributed by atoms with E-state index in [9.17, 15) is 9.18 Å². The van der Waals surface area contributed by atoms with Crippen LogP contribution in [0.4, 0.5) is 15.0 Å². The third kappa shape index (κ3) is 2.77. The summed E-state index contributed by atoms with van der Waals surface area (Å²) in [6.07, 6.45) is 3.26. The Bertz CT molecular complexity index is 779. The number of carbonyl (C=O) groups is 1. The van der Waals surface area contributed by atoms with Crippen molar-refractivity contribution in [1.29, 1.82) is 0 Å². The van der Waals surface area contributed by atoms with Crippen molar-refractivity contribution in [2.24, 2.45) is 11.1 Å². The van der Waals surface area contributed by atoms with Crippen LogP contribution < -0.4 is 10.6 Å². The van der Waals surface area contributed by atoms with Gasteiger partial charge in [0, 0.05) is 18.5 Å². The molecule has 1 spiro atoms. The molecule has 0 unspecified atom stereocenters. The van der Waals surface area contributed by atoms with E-state index < -0.39 is 6.09 Å². The van der Waals surface area contributed by atoms with E-state index in [-0.39, 0.29) is 17.3 Å². The van der Waals surface area contributed by atoms with Crippen molar-refractivity contribution in [2.45, 2.75) is 31.8 Å². The summed E-state index contributed by atoms with van der Waals surface area (Å²) >= 11 is 0. The number of amides is 1. The standard InChI is InChI=1S/C18H20FN3O2/c19-13-2-3-15-12(9-13)1-4-16(21-15)22-7-5-18(6-8-22)10-14(11-18)24-17(20)23/h1-4,9,14H,5-8,10-11H2,(H2,20,23). The predicted molar refractivity (Wildman–Crippen MR) is 89.3 cm³/mol. The minimum atomic E-state index is -0.677. The van der Waals surface area contributed by atoms with Gasteiger partial charge in [0.15, 0.2) is 0 Å². The molecule has 1 aromatic carbocycles. The first-order chi connectivity index (χ1) is 11.5. The molecule has 2 fully saturated rings. The van der Waals surface area contributed by atoms with Gasteiger partial charge in [0.1, 0.15) is 17.7 Å². The van der Waals surface area contributed by atoms with Crippen LogP contribution in [0, 0.1) is 11.2 Å². The number of halogens is 1. The minimum Gasteiger partial charge on any atom is -0.446 e. The first-order valence-electron chi connectivity index (χ1n) is 8.30. The molecule has 1 saturated heterocycles. The second kappa shape index (κ2) is 5.61. The SMILES string of the molecule is NC(=O)OC1CC2(CCN(c3ccc4cc(F)ccc4n3)CC2)C1. The van der Waals surface area contributed by atoms with Gasteiger partial charge in [-0.25, -0.2) is 14.2 Å². The van der Waals surface area contributed by atoms with Gasteiger partial charge >= 0.3 is 6.09 Å². The Hall–Kier alpha value is -2.37. The van der Waals surface area contributed by atoms with Crippen LogP contribution in [0.25, 0.3) is 10.9 Å². The zero-order valence-corrected chi connectivity index (χ0v) is 13.4. The average molecular weight is 329 g/mol. The van der Waals surface area contributed by atoms with Crippen LogP contribution >= 0.6 is 0 Å². The number of hydrogen-bond acceptors (Lipinski definition) is 4. The summed E-state index contributed by atoms with van der Waals surface area (Å²) in [6.45, 7) is 1.87. The molecule has 2 aromatic rings. The van der Waals surface area contributed by atoms with Crippen molar-refractivity contribution in [3.8, 4) is 0 Å². The summed E-state index contributed by atoms with van der Waals surface area (Å²) in [5, 5.41) is 0.817. The molecule has 2 aliphatic rings. The Labute approximate surface area is 139 Å². The van der Waals surface area contributed by atoms with Crippen LogP contribution in [-0.2, 0) is 4.74 Å². The highest BCUT2D eigenvalue weighted by molar-refractivity contribution is 5.80. The predicted octanol–water partition coefficient (Wildman–Crippen LogP) is 3.22. The van der Waals surface area contributed by atoms with Gasteiger partial charge < -0.3 is 15.4 Å². The monoisotopic (exact) mass is 329 g/mol. The van der Waals surface area contributed by atoms with Crippen LogP contribution in [0.3, 0.4) is 0 Å². The summed E-state index contributed by atoms with van der Waals surface area (Å²) in [5.74, 6) is 0.697. The molecule has 5 nitrogen and oxygen atoms in total. The molecule has 0 radical (unpaired) electrons. The van der Waals surface area contributed by atoms with E-state index in [2.05, 4.69) is 9.88 Å². The molecule has 126 valence electrons. The highest BCUT2D eigenvalue weighted by atomic mass is 19.1. The third-order valence-electron chi connectivity index (χ3n) is 5.39. The molecule has 4 rings (SSSR count). The molecule has 24 heavy (non-hydrogen) atoms. The van der Waals surface area contributed by atoms with E-state index in [0.29, 0.717) is 0 Å². The Morgan fingerprint density at radius 3 is 2.71 bits per heavy atom. The molecule has 1 amide bonds. The molecule has 2 N–H and O–H groups in total. The maximum Gasteiger partial charge on any atom is 0.404 e. The Morgan fingerprint density at radius 2 is 2.00 bits per heavy atom. The largest absolute Gasteiger partial charge is 0.446 e. The third-order valence-corrected chi connectivity index (χ3v) is 5.39. The fourth-order valence-electron chi connectivity index (χ4n) is 4.03.